The Labute approximate surface area is 139 Å². The zero-order valence-corrected chi connectivity index (χ0v) is 14.2. The van der Waals surface area contributed by atoms with Crippen LogP contribution in [0.1, 0.15) is 16.7 Å². The monoisotopic (exact) mass is 346 g/mol. The van der Waals surface area contributed by atoms with Crippen molar-refractivity contribution in [3.63, 3.8) is 0 Å². The molecule has 0 saturated heterocycles. The van der Waals surface area contributed by atoms with Gasteiger partial charge in [0.05, 0.1) is 0 Å². The van der Waals surface area contributed by atoms with Gasteiger partial charge in [-0.1, -0.05) is 70.7 Å². The molecule has 0 atom stereocenters. The van der Waals surface area contributed by atoms with Crippen molar-refractivity contribution in [1.82, 2.24) is 0 Å². The summed E-state index contributed by atoms with van der Waals surface area (Å²) in [4.78, 5) is 0. The van der Waals surface area contributed by atoms with Crippen LogP contribution in [0, 0.1) is 13.8 Å². The Morgan fingerprint density at radius 3 is 2.05 bits per heavy atom. The molecule has 0 saturated carbocycles. The van der Waals surface area contributed by atoms with Crippen molar-refractivity contribution in [1.29, 1.82) is 0 Å². The second-order valence-electron chi connectivity index (χ2n) is 4.89. The topological polar surface area (TPSA) is 0 Å². The maximum Gasteiger partial charge on any atom is 0.194 e. The first-order valence-electron chi connectivity index (χ1n) is 6.19. The second-order valence-corrected chi connectivity index (χ2v) is 7.84. The van der Waals surface area contributed by atoms with Gasteiger partial charge in [-0.15, -0.1) is 0 Å². The summed E-state index contributed by atoms with van der Waals surface area (Å²) in [6.45, 7) is 4.09. The summed E-state index contributed by atoms with van der Waals surface area (Å²) in [5, 5.41) is 0.732. The van der Waals surface area contributed by atoms with Crippen LogP contribution in [0.4, 0.5) is 0 Å². The zero-order valence-electron chi connectivity index (χ0n) is 11.2. The fourth-order valence-corrected chi connectivity index (χ4v) is 2.78. The third-order valence-corrected chi connectivity index (χ3v) is 3.88. The first-order valence-corrected chi connectivity index (χ1v) is 7.70. The van der Waals surface area contributed by atoms with Crippen molar-refractivity contribution in [3.8, 4) is 11.1 Å². The highest BCUT2D eigenvalue weighted by Crippen LogP contribution is 2.34. The van der Waals surface area contributed by atoms with Crippen LogP contribution in [0.25, 0.3) is 11.1 Å². The van der Waals surface area contributed by atoms with Crippen molar-refractivity contribution in [3.05, 3.63) is 58.1 Å². The molecular formula is C16H14Cl4. The first kappa shape index (κ1) is 16.0. The SMILES string of the molecule is Cc1cc(-c2ccc(Cl)cc2)c(C)cc1CC(Cl)(Cl)Cl. The van der Waals surface area contributed by atoms with E-state index in [1.54, 1.807) is 0 Å². The van der Waals surface area contributed by atoms with E-state index >= 15 is 0 Å². The van der Waals surface area contributed by atoms with Crippen LogP contribution in [0.5, 0.6) is 0 Å². The fraction of sp³-hybridized carbons (Fsp3) is 0.250. The number of hydrogen-bond acceptors (Lipinski definition) is 0. The van der Waals surface area contributed by atoms with Crippen LogP contribution in [0.2, 0.25) is 5.02 Å². The molecule has 4 heteroatoms. The second kappa shape index (κ2) is 6.15. The van der Waals surface area contributed by atoms with E-state index in [0.717, 1.165) is 27.3 Å². The third kappa shape index (κ3) is 4.05. The smallest absolute Gasteiger partial charge is 0.0843 e. The highest BCUT2D eigenvalue weighted by molar-refractivity contribution is 6.67. The molecule has 0 unspecified atom stereocenters. The molecule has 0 aliphatic heterocycles. The lowest BCUT2D eigenvalue weighted by Crippen LogP contribution is -2.08. The molecule has 0 fully saturated rings. The van der Waals surface area contributed by atoms with E-state index in [1.165, 1.54) is 5.56 Å². The Morgan fingerprint density at radius 2 is 1.50 bits per heavy atom. The Hall–Kier alpha value is -0.400. The Balaban J connectivity index is 2.42. The lowest BCUT2D eigenvalue weighted by Gasteiger charge is -2.16. The number of rotatable bonds is 2. The van der Waals surface area contributed by atoms with Crippen molar-refractivity contribution < 1.29 is 0 Å². The van der Waals surface area contributed by atoms with Gasteiger partial charge >= 0.3 is 0 Å². The van der Waals surface area contributed by atoms with Crippen LogP contribution in [0.15, 0.2) is 36.4 Å². The van der Waals surface area contributed by atoms with Gasteiger partial charge in [0.2, 0.25) is 0 Å². The van der Waals surface area contributed by atoms with E-state index in [1.807, 2.05) is 31.2 Å². The zero-order chi connectivity index (χ0) is 14.9. The standard InChI is InChI=1S/C16H14Cl4/c1-10-8-15(12-3-5-14(17)6-4-12)11(2)7-13(10)9-16(18,19)20/h3-8H,9H2,1-2H3. The average molecular weight is 348 g/mol. The molecule has 0 radical (unpaired) electrons. The normalized spacial score (nSPS) is 11.7. The van der Waals surface area contributed by atoms with E-state index in [2.05, 4.69) is 19.1 Å². The fourth-order valence-electron chi connectivity index (χ4n) is 2.22. The summed E-state index contributed by atoms with van der Waals surface area (Å²) in [6.07, 6.45) is 0.408. The summed E-state index contributed by atoms with van der Waals surface area (Å²) in [5.41, 5.74) is 5.64. The first-order chi connectivity index (χ1) is 9.26. The van der Waals surface area contributed by atoms with Gasteiger partial charge in [-0.2, -0.15) is 0 Å². The van der Waals surface area contributed by atoms with Gasteiger partial charge in [0.15, 0.2) is 3.79 Å². The molecule has 2 aromatic carbocycles. The van der Waals surface area contributed by atoms with Crippen molar-refractivity contribution in [2.24, 2.45) is 0 Å². The molecule has 106 valence electrons. The van der Waals surface area contributed by atoms with Gasteiger partial charge < -0.3 is 0 Å². The molecular weight excluding hydrogens is 334 g/mol. The van der Waals surface area contributed by atoms with Crippen molar-refractivity contribution >= 4 is 46.4 Å². The number of aryl methyl sites for hydroxylation is 2. The number of hydrogen-bond donors (Lipinski definition) is 0. The van der Waals surface area contributed by atoms with E-state index in [4.69, 9.17) is 46.4 Å². The van der Waals surface area contributed by atoms with E-state index in [9.17, 15) is 0 Å². The Kier molecular flexibility index (Phi) is 4.92. The van der Waals surface area contributed by atoms with E-state index < -0.39 is 3.79 Å². The van der Waals surface area contributed by atoms with Gasteiger partial charge in [0.1, 0.15) is 0 Å². The van der Waals surface area contributed by atoms with Crippen LogP contribution in [0.3, 0.4) is 0 Å². The van der Waals surface area contributed by atoms with Gasteiger partial charge in [-0.3, -0.25) is 0 Å². The lowest BCUT2D eigenvalue weighted by atomic mass is 9.94. The molecule has 0 spiro atoms. The quantitative estimate of drug-likeness (QED) is 0.541. The molecule has 0 aliphatic rings. The summed E-state index contributed by atoms with van der Waals surface area (Å²) >= 11 is 23.6. The van der Waals surface area contributed by atoms with Gasteiger partial charge in [0, 0.05) is 11.4 Å². The summed E-state index contributed by atoms with van der Waals surface area (Å²) in [5.74, 6) is 0. The lowest BCUT2D eigenvalue weighted by molar-refractivity contribution is 1.000. The molecule has 2 rings (SSSR count). The summed E-state index contributed by atoms with van der Waals surface area (Å²) in [7, 11) is 0. The number of alkyl halides is 3. The minimum atomic E-state index is -1.26. The number of halogens is 4. The minimum absolute atomic E-state index is 0.408. The van der Waals surface area contributed by atoms with Crippen molar-refractivity contribution in [2.75, 3.05) is 0 Å². The number of benzene rings is 2. The minimum Gasteiger partial charge on any atom is -0.0843 e. The largest absolute Gasteiger partial charge is 0.194 e. The Morgan fingerprint density at radius 1 is 0.900 bits per heavy atom. The van der Waals surface area contributed by atoms with E-state index in [-0.39, 0.29) is 0 Å². The molecule has 0 nitrogen and oxygen atoms in total. The summed E-state index contributed by atoms with van der Waals surface area (Å²) < 4.78 is -1.26. The molecule has 0 bridgehead atoms. The molecule has 0 aromatic heterocycles. The van der Waals surface area contributed by atoms with Gasteiger partial charge in [0.25, 0.3) is 0 Å². The van der Waals surface area contributed by atoms with Crippen LogP contribution < -0.4 is 0 Å². The van der Waals surface area contributed by atoms with Gasteiger partial charge in [-0.05, 0) is 53.8 Å². The highest BCUT2D eigenvalue weighted by atomic mass is 35.6. The van der Waals surface area contributed by atoms with Gasteiger partial charge in [-0.25, -0.2) is 0 Å². The maximum atomic E-state index is 5.92. The van der Waals surface area contributed by atoms with Crippen LogP contribution in [-0.2, 0) is 6.42 Å². The average Bonchev–Trinajstić information content (AvgIpc) is 2.33. The van der Waals surface area contributed by atoms with Crippen LogP contribution in [-0.4, -0.2) is 3.79 Å². The predicted molar refractivity (Wildman–Crippen MR) is 90.4 cm³/mol. The van der Waals surface area contributed by atoms with Crippen LogP contribution >= 0.6 is 46.4 Å². The maximum absolute atomic E-state index is 5.92. The summed E-state index contributed by atoms with van der Waals surface area (Å²) in [6, 6.07) is 12.0. The predicted octanol–water partition coefficient (Wildman–Crippen LogP) is 6.54. The molecule has 0 N–H and O–H groups in total. The Bertz CT molecular complexity index is 610. The molecule has 2 aromatic rings. The molecule has 0 aliphatic carbocycles. The van der Waals surface area contributed by atoms with E-state index in [0.29, 0.717) is 6.42 Å². The van der Waals surface area contributed by atoms with Crippen molar-refractivity contribution in [2.45, 2.75) is 24.1 Å². The molecule has 0 amide bonds. The molecule has 0 heterocycles. The molecule has 20 heavy (non-hydrogen) atoms. The third-order valence-electron chi connectivity index (χ3n) is 3.23. The highest BCUT2D eigenvalue weighted by Gasteiger charge is 2.21.